The van der Waals surface area contributed by atoms with Crippen molar-refractivity contribution in [3.63, 3.8) is 0 Å². The van der Waals surface area contributed by atoms with E-state index in [2.05, 4.69) is 25.6 Å². The Morgan fingerprint density at radius 3 is 2.64 bits per heavy atom. The lowest BCUT2D eigenvalue weighted by molar-refractivity contribution is -0.145. The van der Waals surface area contributed by atoms with Gasteiger partial charge in [-0.3, -0.25) is 4.79 Å². The van der Waals surface area contributed by atoms with E-state index in [-0.39, 0.29) is 5.60 Å². The number of nitrogens with one attached hydrogen (secondary N) is 2. The largest absolute Gasteiger partial charge is 0.490 e. The van der Waals surface area contributed by atoms with Crippen LogP contribution < -0.4 is 15.4 Å². The monoisotopic (exact) mass is 519 g/mol. The minimum Gasteiger partial charge on any atom is -0.490 e. The van der Waals surface area contributed by atoms with Crippen molar-refractivity contribution >= 4 is 17.2 Å². The SMILES string of the molecule is Cc1cnc(-c2cc(OC[C@]34CN[C@H](CO3)C4)cc(C(=O)NC(C)c3cnc(C(F)(F)F)nc3)c2)s1. The average molecular weight is 520 g/mol. The van der Waals surface area contributed by atoms with Crippen LogP contribution in [0.15, 0.2) is 36.8 Å². The molecule has 2 saturated heterocycles. The summed E-state index contributed by atoms with van der Waals surface area (Å²) in [4.78, 5) is 25.3. The molecule has 0 spiro atoms. The number of thiazole rings is 1. The highest BCUT2D eigenvalue weighted by molar-refractivity contribution is 7.14. The van der Waals surface area contributed by atoms with Gasteiger partial charge in [0.05, 0.1) is 12.6 Å². The number of aromatic nitrogens is 3. The second kappa shape index (κ2) is 9.41. The summed E-state index contributed by atoms with van der Waals surface area (Å²) >= 11 is 1.50. The summed E-state index contributed by atoms with van der Waals surface area (Å²) in [5.41, 5.74) is 1.04. The maximum Gasteiger partial charge on any atom is 0.451 e. The van der Waals surface area contributed by atoms with E-state index in [1.165, 1.54) is 11.3 Å². The van der Waals surface area contributed by atoms with Crippen LogP contribution in [0.5, 0.6) is 5.75 Å². The molecule has 3 atom stereocenters. The van der Waals surface area contributed by atoms with E-state index in [1.54, 1.807) is 25.3 Å². The molecule has 2 aromatic heterocycles. The van der Waals surface area contributed by atoms with Crippen LogP contribution in [0, 0.1) is 6.92 Å². The third kappa shape index (κ3) is 5.20. The molecule has 0 radical (unpaired) electrons. The van der Waals surface area contributed by atoms with Gasteiger partial charge in [-0.25, -0.2) is 15.0 Å². The Balaban J connectivity index is 1.35. The predicted octanol–water partition coefficient (Wildman–Crippen LogP) is 3.93. The first-order chi connectivity index (χ1) is 17.1. The summed E-state index contributed by atoms with van der Waals surface area (Å²) in [7, 11) is 0. The molecule has 2 bridgehead atoms. The minimum absolute atomic E-state index is 0.335. The van der Waals surface area contributed by atoms with Gasteiger partial charge in [0, 0.05) is 52.7 Å². The van der Waals surface area contributed by atoms with Crippen LogP contribution in [0.2, 0.25) is 0 Å². The number of hydrogen-bond acceptors (Lipinski definition) is 8. The number of benzene rings is 1. The van der Waals surface area contributed by atoms with E-state index in [1.807, 2.05) is 13.0 Å². The minimum atomic E-state index is -4.63. The van der Waals surface area contributed by atoms with E-state index < -0.39 is 23.9 Å². The fraction of sp³-hybridized carbons (Fsp3) is 0.417. The molecule has 0 saturated carbocycles. The number of halogens is 3. The maximum absolute atomic E-state index is 13.1. The lowest BCUT2D eigenvalue weighted by Gasteiger charge is -2.26. The first-order valence-corrected chi connectivity index (χ1v) is 12.2. The highest BCUT2D eigenvalue weighted by atomic mass is 32.1. The van der Waals surface area contributed by atoms with Gasteiger partial charge >= 0.3 is 6.18 Å². The summed E-state index contributed by atoms with van der Waals surface area (Å²) in [5, 5.41) is 6.94. The van der Waals surface area contributed by atoms with Gasteiger partial charge in [-0.15, -0.1) is 11.3 Å². The van der Waals surface area contributed by atoms with Crippen molar-refractivity contribution in [3.05, 3.63) is 58.6 Å². The Kier molecular flexibility index (Phi) is 6.43. The Morgan fingerprint density at radius 2 is 2.06 bits per heavy atom. The summed E-state index contributed by atoms with van der Waals surface area (Å²) < 4.78 is 50.3. The van der Waals surface area contributed by atoms with Gasteiger partial charge < -0.3 is 20.1 Å². The van der Waals surface area contributed by atoms with Crippen LogP contribution >= 0.6 is 11.3 Å². The summed E-state index contributed by atoms with van der Waals surface area (Å²) in [6.07, 6.45) is 0.129. The molecule has 1 unspecified atom stereocenters. The van der Waals surface area contributed by atoms with Crippen LogP contribution in [0.4, 0.5) is 13.2 Å². The highest BCUT2D eigenvalue weighted by Gasteiger charge is 2.47. The van der Waals surface area contributed by atoms with Crippen molar-refractivity contribution in [3.8, 4) is 16.3 Å². The van der Waals surface area contributed by atoms with E-state index in [4.69, 9.17) is 9.47 Å². The van der Waals surface area contributed by atoms with E-state index in [0.29, 0.717) is 42.7 Å². The van der Waals surface area contributed by atoms with Crippen LogP contribution in [-0.2, 0) is 10.9 Å². The molecule has 0 aliphatic carbocycles. The quantitative estimate of drug-likeness (QED) is 0.488. The molecule has 5 rings (SSSR count). The lowest BCUT2D eigenvalue weighted by Crippen LogP contribution is -2.43. The van der Waals surface area contributed by atoms with Crippen molar-refractivity contribution in [1.82, 2.24) is 25.6 Å². The number of morpholine rings is 1. The molecule has 1 amide bonds. The van der Waals surface area contributed by atoms with Gasteiger partial charge in [-0.2, -0.15) is 13.2 Å². The molecular weight excluding hydrogens is 495 g/mol. The molecule has 36 heavy (non-hydrogen) atoms. The molecule has 2 N–H and O–H groups in total. The van der Waals surface area contributed by atoms with Crippen molar-refractivity contribution in [2.45, 2.75) is 44.1 Å². The van der Waals surface area contributed by atoms with E-state index in [9.17, 15) is 18.0 Å². The molecule has 190 valence electrons. The van der Waals surface area contributed by atoms with Gasteiger partial charge in [0.1, 0.15) is 23.0 Å². The van der Waals surface area contributed by atoms with Crippen molar-refractivity contribution in [2.24, 2.45) is 0 Å². The Labute approximate surface area is 209 Å². The zero-order valence-corrected chi connectivity index (χ0v) is 20.4. The summed E-state index contributed by atoms with van der Waals surface area (Å²) in [6, 6.07) is 4.92. The first kappa shape index (κ1) is 24.6. The number of alkyl halides is 3. The molecule has 12 heteroatoms. The number of ether oxygens (including phenoxy) is 2. The van der Waals surface area contributed by atoms with Crippen LogP contribution in [0.1, 0.15) is 46.0 Å². The van der Waals surface area contributed by atoms with Gasteiger partial charge in [0.2, 0.25) is 5.82 Å². The molecule has 3 aromatic rings. The third-order valence-electron chi connectivity index (χ3n) is 6.23. The second-order valence-electron chi connectivity index (χ2n) is 9.12. The van der Waals surface area contributed by atoms with Gasteiger partial charge in [0.25, 0.3) is 5.91 Å². The maximum atomic E-state index is 13.1. The molecule has 8 nitrogen and oxygen atoms in total. The number of rotatable bonds is 7. The smallest absolute Gasteiger partial charge is 0.451 e. The molecule has 2 aliphatic rings. The number of hydrogen-bond donors (Lipinski definition) is 2. The van der Waals surface area contributed by atoms with Crippen molar-refractivity contribution in [1.29, 1.82) is 0 Å². The lowest BCUT2D eigenvalue weighted by atomic mass is 10.0. The molecule has 2 aliphatic heterocycles. The molecule has 4 heterocycles. The van der Waals surface area contributed by atoms with Gasteiger partial charge in [0.15, 0.2) is 0 Å². The Morgan fingerprint density at radius 1 is 1.28 bits per heavy atom. The number of nitrogens with zero attached hydrogens (tertiary/aromatic N) is 3. The Hall–Kier alpha value is -3.09. The van der Waals surface area contributed by atoms with Crippen molar-refractivity contribution < 1.29 is 27.4 Å². The standard InChI is InChI=1S/C24H24F3N5O3S/c1-13-7-28-21(36-13)16-3-15(4-19(5-16)34-12-23-6-18(10-35-23)31-11-23)20(33)32-14(2)17-8-29-22(30-9-17)24(25,26)27/h3-5,7-9,14,18,31H,6,10-12H2,1-2H3,(H,32,33)/t14?,18-,23-/m0/s1. The topological polar surface area (TPSA) is 98.3 Å². The van der Waals surface area contributed by atoms with Gasteiger partial charge in [-0.1, -0.05) is 0 Å². The van der Waals surface area contributed by atoms with E-state index >= 15 is 0 Å². The zero-order valence-electron chi connectivity index (χ0n) is 19.6. The molecule has 1 aromatic carbocycles. The van der Waals surface area contributed by atoms with Gasteiger partial charge in [-0.05, 0) is 38.5 Å². The number of fused-ring (bicyclic) bond motifs is 2. The average Bonchev–Trinajstić information content (AvgIpc) is 3.59. The fourth-order valence-electron chi connectivity index (χ4n) is 4.29. The van der Waals surface area contributed by atoms with Crippen LogP contribution in [0.25, 0.3) is 10.6 Å². The second-order valence-corrected chi connectivity index (χ2v) is 10.4. The highest BCUT2D eigenvalue weighted by Crippen LogP contribution is 2.34. The fourth-order valence-corrected chi connectivity index (χ4v) is 5.04. The zero-order chi connectivity index (χ0) is 25.5. The van der Waals surface area contributed by atoms with Crippen LogP contribution in [-0.4, -0.2) is 52.3 Å². The number of amides is 1. The van der Waals surface area contributed by atoms with E-state index in [0.717, 1.165) is 34.3 Å². The van der Waals surface area contributed by atoms with Crippen LogP contribution in [0.3, 0.4) is 0 Å². The summed E-state index contributed by atoms with van der Waals surface area (Å²) in [6.45, 7) is 5.31. The number of aryl methyl sites for hydroxylation is 1. The number of carbonyl (C=O) groups is 1. The third-order valence-corrected chi connectivity index (χ3v) is 7.20. The first-order valence-electron chi connectivity index (χ1n) is 11.4. The Bertz CT molecular complexity index is 1260. The summed E-state index contributed by atoms with van der Waals surface area (Å²) in [5.74, 6) is -1.14. The number of carbonyl (C=O) groups excluding carboxylic acids is 1. The normalized spacial score (nSPS) is 22.0. The molecular formula is C24H24F3N5O3S. The molecule has 2 fully saturated rings. The predicted molar refractivity (Wildman–Crippen MR) is 126 cm³/mol. The van der Waals surface area contributed by atoms with Crippen molar-refractivity contribution in [2.75, 3.05) is 19.8 Å².